The number of nitrogens with two attached hydrogens (primary N) is 1. The quantitative estimate of drug-likeness (QED) is 0.0672. The van der Waals surface area contributed by atoms with Crippen molar-refractivity contribution in [3.8, 4) is 0 Å². The van der Waals surface area contributed by atoms with Gasteiger partial charge < -0.3 is 26.1 Å². The molecule has 218 valence electrons. The number of carboxylic acid groups (broad SMARTS) is 2. The molecule has 1 saturated heterocycles. The molecule has 0 unspecified atom stereocenters. The molecule has 41 heavy (non-hydrogen) atoms. The molecule has 4 rings (SSSR count). The lowest BCUT2D eigenvalue weighted by atomic mass is 10.0. The normalized spacial score (nSPS) is 19.3. The van der Waals surface area contributed by atoms with Crippen LogP contribution < -0.4 is 15.6 Å². The van der Waals surface area contributed by atoms with Gasteiger partial charge in [0, 0.05) is 28.9 Å². The molecule has 2 atom stereocenters. The Morgan fingerprint density at radius 3 is 2.63 bits per heavy atom. The lowest BCUT2D eigenvalue weighted by Crippen LogP contribution is -2.71. The van der Waals surface area contributed by atoms with Crippen LogP contribution in [-0.4, -0.2) is 89.7 Å². The molecule has 2 amide bonds. The highest BCUT2D eigenvalue weighted by molar-refractivity contribution is 8.00. The van der Waals surface area contributed by atoms with Crippen molar-refractivity contribution in [3.63, 3.8) is 0 Å². The first-order valence-electron chi connectivity index (χ1n) is 11.4. The lowest BCUT2D eigenvalue weighted by Gasteiger charge is -2.49. The molecule has 2 aromatic rings. The molecule has 6 N–H and O–H groups in total. The number of nitrogen functional groups attached to an aromatic ring is 1. The van der Waals surface area contributed by atoms with Gasteiger partial charge in [-0.25, -0.2) is 9.59 Å². The van der Waals surface area contributed by atoms with Gasteiger partial charge in [-0.15, -0.1) is 11.8 Å². The molecule has 0 aromatic carbocycles. The van der Waals surface area contributed by atoms with Crippen molar-refractivity contribution in [1.29, 1.82) is 0 Å². The van der Waals surface area contributed by atoms with E-state index in [4.69, 9.17) is 10.6 Å². The topological polar surface area (TPSA) is 256 Å². The van der Waals surface area contributed by atoms with Crippen LogP contribution in [-0.2, 0) is 40.7 Å². The van der Waals surface area contributed by atoms with E-state index in [0.717, 1.165) is 40.5 Å². The molecule has 0 aliphatic carbocycles. The van der Waals surface area contributed by atoms with Crippen LogP contribution >= 0.6 is 23.3 Å². The second-order valence-electron chi connectivity index (χ2n) is 9.11. The molecule has 4 heterocycles. The number of β-lactam (4-membered cyclic amide) rings is 1. The minimum absolute atomic E-state index is 0.0181. The Kier molecular flexibility index (Phi) is 8.02. The number of thioether (sulfide) groups is 1. The number of carboxylic acids is 2. The molecule has 2 aromatic heterocycles. The van der Waals surface area contributed by atoms with Gasteiger partial charge in [-0.05, 0) is 19.9 Å². The van der Waals surface area contributed by atoms with Gasteiger partial charge >= 0.3 is 11.9 Å². The van der Waals surface area contributed by atoms with E-state index in [1.54, 1.807) is 0 Å². The van der Waals surface area contributed by atoms with Crippen LogP contribution in [0.1, 0.15) is 19.7 Å². The molecule has 0 bridgehead atoms. The molecule has 0 radical (unpaired) electrons. The summed E-state index contributed by atoms with van der Waals surface area (Å²) in [5, 5.41) is 24.4. The third kappa shape index (κ3) is 6.14. The van der Waals surface area contributed by atoms with Crippen LogP contribution in [0.2, 0.25) is 0 Å². The van der Waals surface area contributed by atoms with E-state index < -0.39 is 61.5 Å². The number of carbonyl (C=O) groups excluding carboxylic acids is 2. The minimum Gasteiger partial charge on any atom is -0.478 e. The van der Waals surface area contributed by atoms with Crippen molar-refractivity contribution >= 4 is 68.0 Å². The predicted octanol–water partition coefficient (Wildman–Crippen LogP) is -1.32. The fraction of sp³-hybridized carbons (Fsp3) is 0.333. The number of rotatable bonds is 10. The summed E-state index contributed by atoms with van der Waals surface area (Å²) in [5.74, 6) is -4.70. The maximum atomic E-state index is 13.1. The maximum Gasteiger partial charge on any atom is 0.352 e. The first-order valence-corrected chi connectivity index (χ1v) is 14.6. The van der Waals surface area contributed by atoms with Gasteiger partial charge in [0.2, 0.25) is 17.1 Å². The number of hydrogen-bond acceptors (Lipinski definition) is 13. The van der Waals surface area contributed by atoms with Crippen LogP contribution in [0, 0.1) is 0 Å². The van der Waals surface area contributed by atoms with Crippen molar-refractivity contribution in [2.45, 2.75) is 42.3 Å². The highest BCUT2D eigenvalue weighted by atomic mass is 32.2. The Bertz CT molecular complexity index is 1620. The molecule has 17 nitrogen and oxygen atoms in total. The predicted molar refractivity (Wildman–Crippen MR) is 140 cm³/mol. The van der Waals surface area contributed by atoms with Gasteiger partial charge in [0.1, 0.15) is 17.1 Å². The Balaban J connectivity index is 1.57. The molecule has 1 fully saturated rings. The molecule has 20 heteroatoms. The van der Waals surface area contributed by atoms with Crippen molar-refractivity contribution in [2.24, 2.45) is 5.16 Å². The summed E-state index contributed by atoms with van der Waals surface area (Å²) in [6.07, 6.45) is 2.58. The number of fused-ring (bicyclic) bond motifs is 1. The van der Waals surface area contributed by atoms with Crippen LogP contribution in [0.3, 0.4) is 0 Å². The molecule has 2 aliphatic rings. The zero-order valence-electron chi connectivity index (χ0n) is 21.1. The summed E-state index contributed by atoms with van der Waals surface area (Å²) >= 11 is 1.89. The van der Waals surface area contributed by atoms with Gasteiger partial charge in [0.25, 0.3) is 21.9 Å². The number of nitrogens with zero attached hydrogens (tertiary/aromatic N) is 5. The summed E-state index contributed by atoms with van der Waals surface area (Å²) in [5.41, 5.74) is 3.16. The summed E-state index contributed by atoms with van der Waals surface area (Å²) in [6.45, 7) is 2.28. The number of amides is 2. The largest absolute Gasteiger partial charge is 0.478 e. The van der Waals surface area contributed by atoms with E-state index in [2.05, 4.69) is 19.8 Å². The highest BCUT2D eigenvalue weighted by Gasteiger charge is 2.55. The SMILES string of the molecule is CC(C)(O/N=C(\C(=O)N[C@@H]1C(=O)N2C(C(=O)O)=C(C[n+]3cccc(S(=O)(=O)O)c3)CS[C@H]12)c1nsc(N)n1)C(=O)O. The van der Waals surface area contributed by atoms with Crippen LogP contribution in [0.4, 0.5) is 5.13 Å². The second kappa shape index (κ2) is 11.0. The number of carbonyl (C=O) groups is 4. The van der Waals surface area contributed by atoms with Crippen molar-refractivity contribution in [2.75, 3.05) is 11.5 Å². The number of aliphatic carboxylic acids is 2. The fourth-order valence-electron chi connectivity index (χ4n) is 3.70. The van der Waals surface area contributed by atoms with Crippen LogP contribution in [0.25, 0.3) is 0 Å². The summed E-state index contributed by atoms with van der Waals surface area (Å²) in [6, 6.07) is 1.33. The first kappa shape index (κ1) is 29.8. The van der Waals surface area contributed by atoms with E-state index >= 15 is 0 Å². The standard InChI is InChI=1S/C21H21N7O10S3/c1-21(2,19(33)34)38-25-11(14-24-20(22)40-26-14)15(29)23-12-16(30)28-13(18(31)32)9(8-39-17(12)28)6-27-5-3-4-10(7-27)41(35,36)37/h3-5,7,12,17H,6,8H2,1-2H3,(H5-,22,23,24,26,29,31,32,33,34,35,36,37)/p+1/b25-11-/t12-,17-/m1/s1. The summed E-state index contributed by atoms with van der Waals surface area (Å²) in [7, 11) is -4.50. The second-order valence-corrected chi connectivity index (χ2v) is 12.4. The average molecular weight is 629 g/mol. The van der Waals surface area contributed by atoms with E-state index in [9.17, 15) is 42.4 Å². The van der Waals surface area contributed by atoms with Gasteiger partial charge in [0.15, 0.2) is 29.0 Å². The van der Waals surface area contributed by atoms with E-state index in [0.29, 0.717) is 0 Å². The number of aromatic nitrogens is 3. The molecular weight excluding hydrogens is 606 g/mol. The zero-order valence-corrected chi connectivity index (χ0v) is 23.6. The van der Waals surface area contributed by atoms with Crippen molar-refractivity contribution < 1.29 is 51.8 Å². The van der Waals surface area contributed by atoms with Gasteiger partial charge in [0.05, 0.1) is 0 Å². The average Bonchev–Trinajstić information content (AvgIpc) is 3.32. The number of nitrogens with one attached hydrogen (secondary N) is 1. The van der Waals surface area contributed by atoms with Crippen molar-refractivity contribution in [3.05, 3.63) is 41.6 Å². The van der Waals surface area contributed by atoms with Crippen molar-refractivity contribution in [1.82, 2.24) is 19.6 Å². The van der Waals surface area contributed by atoms with Gasteiger partial charge in [-0.2, -0.15) is 22.3 Å². The number of hydrogen-bond donors (Lipinski definition) is 5. The summed E-state index contributed by atoms with van der Waals surface area (Å²) in [4.78, 5) is 59.3. The number of oxime groups is 1. The minimum atomic E-state index is -4.50. The lowest BCUT2D eigenvalue weighted by molar-refractivity contribution is -0.690. The molecule has 2 aliphatic heterocycles. The number of pyridine rings is 1. The maximum absolute atomic E-state index is 13.1. The molecular formula is C21H22N7O10S3+. The highest BCUT2D eigenvalue weighted by Crippen LogP contribution is 2.40. The van der Waals surface area contributed by atoms with Crippen LogP contribution in [0.5, 0.6) is 0 Å². The van der Waals surface area contributed by atoms with Gasteiger partial charge in [-0.3, -0.25) is 19.0 Å². The Morgan fingerprint density at radius 2 is 2.05 bits per heavy atom. The van der Waals surface area contributed by atoms with Gasteiger partial charge in [-0.1, -0.05) is 5.16 Å². The first-order chi connectivity index (χ1) is 19.1. The van der Waals surface area contributed by atoms with Crippen LogP contribution in [0.15, 0.2) is 45.8 Å². The monoisotopic (exact) mass is 628 g/mol. The summed E-state index contributed by atoms with van der Waals surface area (Å²) < 4.78 is 37.5. The third-order valence-corrected chi connectivity index (χ3v) is 8.51. The zero-order chi connectivity index (χ0) is 30.3. The fourth-order valence-corrected chi connectivity index (χ4v) is 5.99. The smallest absolute Gasteiger partial charge is 0.352 e. The van der Waals surface area contributed by atoms with E-state index in [-0.39, 0.29) is 34.5 Å². The molecule has 0 spiro atoms. The van der Waals surface area contributed by atoms with E-state index in [1.807, 2.05) is 0 Å². The molecule has 0 saturated carbocycles. The Hall–Kier alpha value is -4.14. The third-order valence-electron chi connectivity index (χ3n) is 5.79. The Morgan fingerprint density at radius 1 is 1.34 bits per heavy atom. The van der Waals surface area contributed by atoms with E-state index in [1.165, 1.54) is 30.7 Å². The Labute approximate surface area is 239 Å². The number of anilines is 1.